The number of hydrogen-bond acceptors (Lipinski definition) is 4. The van der Waals surface area contributed by atoms with Crippen LogP contribution in [0.4, 0.5) is 0 Å². The molecule has 0 amide bonds. The van der Waals surface area contributed by atoms with E-state index in [2.05, 4.69) is 19.2 Å². The van der Waals surface area contributed by atoms with Gasteiger partial charge in [-0.05, 0) is 37.0 Å². The Kier molecular flexibility index (Phi) is 5.63. The van der Waals surface area contributed by atoms with Gasteiger partial charge in [-0.3, -0.25) is 0 Å². The predicted octanol–water partition coefficient (Wildman–Crippen LogP) is 2.29. The molecule has 1 aromatic carbocycles. The van der Waals surface area contributed by atoms with Crippen molar-refractivity contribution in [3.05, 3.63) is 23.8 Å². The Morgan fingerprint density at radius 3 is 2.58 bits per heavy atom. The lowest BCUT2D eigenvalue weighted by Crippen LogP contribution is -2.38. The molecule has 1 aromatic rings. The Morgan fingerprint density at radius 2 is 2.05 bits per heavy atom. The van der Waals surface area contributed by atoms with Crippen molar-refractivity contribution < 1.29 is 14.9 Å². The maximum Gasteiger partial charge on any atom is 0.160 e. The number of phenolic OH excluding ortho intramolecular Hbond substituents is 1. The van der Waals surface area contributed by atoms with Crippen molar-refractivity contribution in [3.8, 4) is 11.5 Å². The predicted molar refractivity (Wildman–Crippen MR) is 76.4 cm³/mol. The van der Waals surface area contributed by atoms with Gasteiger partial charge in [0.1, 0.15) is 0 Å². The Hall–Kier alpha value is -1.26. The van der Waals surface area contributed by atoms with Crippen molar-refractivity contribution in [3.63, 3.8) is 0 Å². The molecule has 3 N–H and O–H groups in total. The zero-order chi connectivity index (χ0) is 14.5. The molecule has 1 atom stereocenters. The van der Waals surface area contributed by atoms with Crippen LogP contribution in [0.2, 0.25) is 0 Å². The number of aromatic hydroxyl groups is 1. The first kappa shape index (κ1) is 15.8. The lowest BCUT2D eigenvalue weighted by Gasteiger charge is -2.25. The average Bonchev–Trinajstić information content (AvgIpc) is 2.27. The van der Waals surface area contributed by atoms with E-state index in [1.54, 1.807) is 12.1 Å². The van der Waals surface area contributed by atoms with E-state index in [-0.39, 0.29) is 5.75 Å². The molecule has 0 radical (unpaired) electrons. The van der Waals surface area contributed by atoms with Crippen molar-refractivity contribution in [2.75, 3.05) is 13.7 Å². The minimum atomic E-state index is -0.706. The van der Waals surface area contributed by atoms with Crippen molar-refractivity contribution in [2.45, 2.75) is 39.3 Å². The summed E-state index contributed by atoms with van der Waals surface area (Å²) in [7, 11) is 1.52. The molecule has 0 fully saturated rings. The van der Waals surface area contributed by atoms with Crippen LogP contribution in [0.1, 0.15) is 32.8 Å². The van der Waals surface area contributed by atoms with Gasteiger partial charge in [0.05, 0.1) is 12.7 Å². The second kappa shape index (κ2) is 6.78. The molecule has 0 heterocycles. The Morgan fingerprint density at radius 1 is 1.37 bits per heavy atom. The molecule has 0 saturated carbocycles. The summed E-state index contributed by atoms with van der Waals surface area (Å²) in [6, 6.07) is 5.30. The first-order valence-corrected chi connectivity index (χ1v) is 6.63. The molecule has 0 aliphatic heterocycles. The molecule has 0 aliphatic rings. The lowest BCUT2D eigenvalue weighted by molar-refractivity contribution is 0.0383. The molecule has 0 aromatic heterocycles. The Bertz CT molecular complexity index is 402. The Labute approximate surface area is 115 Å². The van der Waals surface area contributed by atoms with Gasteiger partial charge in [-0.15, -0.1) is 0 Å². The van der Waals surface area contributed by atoms with E-state index < -0.39 is 5.60 Å². The van der Waals surface area contributed by atoms with Crippen LogP contribution in [0, 0.1) is 5.92 Å². The third-order valence-corrected chi connectivity index (χ3v) is 2.93. The first-order chi connectivity index (χ1) is 8.84. The van der Waals surface area contributed by atoms with Crippen molar-refractivity contribution in [1.29, 1.82) is 0 Å². The minimum absolute atomic E-state index is 0.135. The van der Waals surface area contributed by atoms with Crippen molar-refractivity contribution >= 4 is 0 Å². The first-order valence-electron chi connectivity index (χ1n) is 6.63. The second-order valence-corrected chi connectivity index (χ2v) is 5.70. The molecule has 1 rings (SSSR count). The van der Waals surface area contributed by atoms with E-state index >= 15 is 0 Å². The van der Waals surface area contributed by atoms with Crippen LogP contribution >= 0.6 is 0 Å². The van der Waals surface area contributed by atoms with Crippen LogP contribution in [0.15, 0.2) is 18.2 Å². The highest BCUT2D eigenvalue weighted by atomic mass is 16.5. The molecule has 108 valence electrons. The fraction of sp³-hybridized carbons (Fsp3) is 0.600. The van der Waals surface area contributed by atoms with Gasteiger partial charge >= 0.3 is 0 Å². The maximum atomic E-state index is 10.2. The highest BCUT2D eigenvalue weighted by Crippen LogP contribution is 2.26. The molecule has 19 heavy (non-hydrogen) atoms. The number of aliphatic hydroxyl groups is 1. The number of ether oxygens (including phenoxy) is 1. The fourth-order valence-corrected chi connectivity index (χ4v) is 2.27. The summed E-state index contributed by atoms with van der Waals surface area (Å²) in [6.07, 6.45) is 0.758. The molecule has 0 bridgehead atoms. The number of phenols is 1. The molecule has 1 unspecified atom stereocenters. The van der Waals surface area contributed by atoms with E-state index in [0.29, 0.717) is 24.8 Å². The number of nitrogens with one attached hydrogen (secondary N) is 1. The summed E-state index contributed by atoms with van der Waals surface area (Å²) in [5.74, 6) is 1.06. The standard InChI is InChI=1S/C15H25NO3/c1-11(2)8-15(3,18)10-16-9-12-5-6-14(19-4)13(17)7-12/h5-7,11,16-18H,8-10H2,1-4H3. The van der Waals surface area contributed by atoms with E-state index in [1.165, 1.54) is 7.11 Å². The number of methoxy groups -OCH3 is 1. The van der Waals surface area contributed by atoms with E-state index in [4.69, 9.17) is 4.74 Å². The third kappa shape index (κ3) is 5.49. The normalized spacial score (nSPS) is 14.4. The summed E-state index contributed by atoms with van der Waals surface area (Å²) in [4.78, 5) is 0. The summed E-state index contributed by atoms with van der Waals surface area (Å²) in [5.41, 5.74) is 0.251. The molecule has 4 nitrogen and oxygen atoms in total. The SMILES string of the molecule is COc1ccc(CNCC(C)(O)CC(C)C)cc1O. The van der Waals surface area contributed by atoms with Crippen LogP contribution in [-0.4, -0.2) is 29.5 Å². The van der Waals surface area contributed by atoms with Crippen LogP contribution in [-0.2, 0) is 6.54 Å². The molecular weight excluding hydrogens is 242 g/mol. The van der Waals surface area contributed by atoms with Gasteiger partial charge < -0.3 is 20.3 Å². The highest BCUT2D eigenvalue weighted by Gasteiger charge is 2.21. The number of hydrogen-bond donors (Lipinski definition) is 3. The van der Waals surface area contributed by atoms with Gasteiger partial charge in [0, 0.05) is 13.1 Å². The number of rotatable bonds is 7. The van der Waals surface area contributed by atoms with Crippen LogP contribution in [0.25, 0.3) is 0 Å². The van der Waals surface area contributed by atoms with Crippen molar-refractivity contribution in [2.24, 2.45) is 5.92 Å². The zero-order valence-corrected chi connectivity index (χ0v) is 12.2. The largest absolute Gasteiger partial charge is 0.504 e. The molecule has 0 aliphatic carbocycles. The zero-order valence-electron chi connectivity index (χ0n) is 12.2. The highest BCUT2D eigenvalue weighted by molar-refractivity contribution is 5.41. The van der Waals surface area contributed by atoms with E-state index in [1.807, 2.05) is 13.0 Å². The van der Waals surface area contributed by atoms with Gasteiger partial charge in [0.25, 0.3) is 0 Å². The number of benzene rings is 1. The van der Waals surface area contributed by atoms with Gasteiger partial charge in [0.15, 0.2) is 11.5 Å². The average molecular weight is 267 g/mol. The van der Waals surface area contributed by atoms with Gasteiger partial charge in [-0.25, -0.2) is 0 Å². The summed E-state index contributed by atoms with van der Waals surface area (Å²) >= 11 is 0. The van der Waals surface area contributed by atoms with Crippen LogP contribution in [0.3, 0.4) is 0 Å². The smallest absolute Gasteiger partial charge is 0.160 e. The molecule has 4 heteroatoms. The molecule has 0 saturated heterocycles. The van der Waals surface area contributed by atoms with Crippen LogP contribution < -0.4 is 10.1 Å². The minimum Gasteiger partial charge on any atom is -0.504 e. The quantitative estimate of drug-likeness (QED) is 0.709. The Balaban J connectivity index is 2.47. The van der Waals surface area contributed by atoms with E-state index in [0.717, 1.165) is 12.0 Å². The summed E-state index contributed by atoms with van der Waals surface area (Å²) < 4.78 is 4.99. The maximum absolute atomic E-state index is 10.2. The monoisotopic (exact) mass is 267 g/mol. The molecule has 0 spiro atoms. The van der Waals surface area contributed by atoms with Gasteiger partial charge in [-0.2, -0.15) is 0 Å². The topological polar surface area (TPSA) is 61.7 Å². The third-order valence-electron chi connectivity index (χ3n) is 2.93. The molecular formula is C15H25NO3. The summed E-state index contributed by atoms with van der Waals surface area (Å²) in [5, 5.41) is 23.0. The van der Waals surface area contributed by atoms with Crippen LogP contribution in [0.5, 0.6) is 11.5 Å². The summed E-state index contributed by atoms with van der Waals surface area (Å²) in [6.45, 7) is 7.15. The van der Waals surface area contributed by atoms with Crippen molar-refractivity contribution in [1.82, 2.24) is 5.32 Å². The van der Waals surface area contributed by atoms with Gasteiger partial charge in [0.2, 0.25) is 0 Å². The second-order valence-electron chi connectivity index (χ2n) is 5.70. The lowest BCUT2D eigenvalue weighted by atomic mass is 9.94. The fourth-order valence-electron chi connectivity index (χ4n) is 2.27. The van der Waals surface area contributed by atoms with E-state index in [9.17, 15) is 10.2 Å². The van der Waals surface area contributed by atoms with Gasteiger partial charge in [-0.1, -0.05) is 19.9 Å².